The fourth-order valence-corrected chi connectivity index (χ4v) is 4.24. The van der Waals surface area contributed by atoms with Gasteiger partial charge >= 0.3 is 0 Å². The molecule has 1 atom stereocenters. The first-order valence-corrected chi connectivity index (χ1v) is 11.4. The Balaban J connectivity index is 1.44. The maximum Gasteiger partial charge on any atom is 0.251 e. The number of hydrogen-bond donors (Lipinski definition) is 3. The number of amides is 2. The van der Waals surface area contributed by atoms with Crippen molar-refractivity contribution in [3.05, 3.63) is 53.6 Å². The van der Waals surface area contributed by atoms with Gasteiger partial charge in [-0.05, 0) is 68.1 Å². The van der Waals surface area contributed by atoms with Crippen LogP contribution in [-0.2, 0) is 21.2 Å². The molecule has 0 unspecified atom stereocenters. The number of nitrogens with one attached hydrogen (secondary N) is 2. The second-order valence-corrected chi connectivity index (χ2v) is 9.45. The van der Waals surface area contributed by atoms with E-state index in [-0.39, 0.29) is 35.3 Å². The second-order valence-electron chi connectivity index (χ2n) is 7.89. The summed E-state index contributed by atoms with van der Waals surface area (Å²) in [7, 11) is -3.77. The molecule has 2 aromatic carbocycles. The van der Waals surface area contributed by atoms with Crippen LogP contribution in [0.2, 0.25) is 0 Å². The highest BCUT2D eigenvalue weighted by Gasteiger charge is 2.29. The number of primary sulfonamides is 1. The molecule has 30 heavy (non-hydrogen) atoms. The van der Waals surface area contributed by atoms with Crippen LogP contribution in [0.4, 0.5) is 11.4 Å². The molecule has 158 valence electrons. The molecule has 0 bridgehead atoms. The normalized spacial score (nSPS) is 18.1. The van der Waals surface area contributed by atoms with E-state index in [1.807, 2.05) is 11.8 Å². The molecule has 1 saturated carbocycles. The Bertz CT molecular complexity index is 1110. The molecule has 1 heterocycles. The predicted molar refractivity (Wildman–Crippen MR) is 114 cm³/mol. The summed E-state index contributed by atoms with van der Waals surface area (Å²) in [5.74, 6) is -0.355. The van der Waals surface area contributed by atoms with Crippen LogP contribution < -0.4 is 20.7 Å². The standard InChI is InChI=1S/C21H24N4O4S/c1-13-9-15-11-18(30(22,28)29)7-8-19(15)25(13)12-20(26)23-17-4-2-3-14(10-17)21(27)24-16-5-6-16/h2-4,7-8,10-11,13,16H,5-6,9,12H2,1H3,(H,23,26)(H,24,27)(H2,22,28,29)/t13-/m0/s1. The maximum atomic E-state index is 12.6. The third kappa shape index (κ3) is 4.47. The molecule has 1 aliphatic carbocycles. The topological polar surface area (TPSA) is 122 Å². The lowest BCUT2D eigenvalue weighted by atomic mass is 10.1. The van der Waals surface area contributed by atoms with Gasteiger partial charge in [0.2, 0.25) is 15.9 Å². The first-order valence-electron chi connectivity index (χ1n) is 9.84. The Morgan fingerprint density at radius 2 is 1.93 bits per heavy atom. The molecular formula is C21H24N4O4S. The van der Waals surface area contributed by atoms with Crippen molar-refractivity contribution in [2.75, 3.05) is 16.8 Å². The van der Waals surface area contributed by atoms with Crippen LogP contribution in [0.5, 0.6) is 0 Å². The summed E-state index contributed by atoms with van der Waals surface area (Å²) in [5.41, 5.74) is 2.73. The fraction of sp³-hybridized carbons (Fsp3) is 0.333. The van der Waals surface area contributed by atoms with Gasteiger partial charge in [0.15, 0.2) is 0 Å². The van der Waals surface area contributed by atoms with Crippen LogP contribution in [0, 0.1) is 0 Å². The number of fused-ring (bicyclic) bond motifs is 1. The van der Waals surface area contributed by atoms with E-state index in [4.69, 9.17) is 5.14 Å². The maximum absolute atomic E-state index is 12.6. The van der Waals surface area contributed by atoms with Crippen LogP contribution in [0.25, 0.3) is 0 Å². The number of nitrogens with zero attached hydrogens (tertiary/aromatic N) is 1. The third-order valence-electron chi connectivity index (χ3n) is 5.37. The highest BCUT2D eigenvalue weighted by Crippen LogP contribution is 2.33. The lowest BCUT2D eigenvalue weighted by Gasteiger charge is -2.24. The zero-order chi connectivity index (χ0) is 21.5. The molecule has 0 saturated heterocycles. The first kappa shape index (κ1) is 20.4. The molecule has 2 amide bonds. The number of benzene rings is 2. The Hall–Kier alpha value is -2.91. The van der Waals surface area contributed by atoms with E-state index in [1.165, 1.54) is 6.07 Å². The van der Waals surface area contributed by atoms with Crippen molar-refractivity contribution in [1.82, 2.24) is 5.32 Å². The number of carbonyl (C=O) groups excluding carboxylic acids is 2. The van der Waals surface area contributed by atoms with Crippen molar-refractivity contribution in [3.8, 4) is 0 Å². The molecule has 4 N–H and O–H groups in total. The summed E-state index contributed by atoms with van der Waals surface area (Å²) < 4.78 is 23.2. The Kier molecular flexibility index (Phi) is 5.25. The number of rotatable bonds is 6. The van der Waals surface area contributed by atoms with Crippen LogP contribution in [-0.4, -0.2) is 38.9 Å². The van der Waals surface area contributed by atoms with E-state index in [1.54, 1.807) is 36.4 Å². The minimum Gasteiger partial charge on any atom is -0.359 e. The van der Waals surface area contributed by atoms with Crippen LogP contribution in [0.3, 0.4) is 0 Å². The van der Waals surface area contributed by atoms with E-state index >= 15 is 0 Å². The Morgan fingerprint density at radius 1 is 1.17 bits per heavy atom. The van der Waals surface area contributed by atoms with E-state index in [0.29, 0.717) is 17.7 Å². The van der Waals surface area contributed by atoms with E-state index < -0.39 is 10.0 Å². The number of carbonyl (C=O) groups is 2. The highest BCUT2D eigenvalue weighted by molar-refractivity contribution is 7.89. The minimum atomic E-state index is -3.77. The van der Waals surface area contributed by atoms with Gasteiger partial charge in [-0.15, -0.1) is 0 Å². The van der Waals surface area contributed by atoms with Crippen molar-refractivity contribution in [1.29, 1.82) is 0 Å². The molecule has 9 heteroatoms. The number of hydrogen-bond acceptors (Lipinski definition) is 5. The third-order valence-corrected chi connectivity index (χ3v) is 6.28. The Labute approximate surface area is 175 Å². The molecule has 0 aromatic heterocycles. The monoisotopic (exact) mass is 428 g/mol. The van der Waals surface area contributed by atoms with Crippen molar-refractivity contribution in [2.24, 2.45) is 5.14 Å². The Morgan fingerprint density at radius 3 is 2.63 bits per heavy atom. The highest BCUT2D eigenvalue weighted by atomic mass is 32.2. The van der Waals surface area contributed by atoms with E-state index in [0.717, 1.165) is 24.1 Å². The SMILES string of the molecule is C[C@H]1Cc2cc(S(N)(=O)=O)ccc2N1CC(=O)Nc1cccc(C(=O)NC2CC2)c1. The van der Waals surface area contributed by atoms with Gasteiger partial charge in [-0.3, -0.25) is 9.59 Å². The van der Waals surface area contributed by atoms with Crippen LogP contribution >= 0.6 is 0 Å². The van der Waals surface area contributed by atoms with Crippen LogP contribution in [0.1, 0.15) is 35.7 Å². The first-order chi connectivity index (χ1) is 14.2. The smallest absolute Gasteiger partial charge is 0.251 e. The summed E-state index contributed by atoms with van der Waals surface area (Å²) in [6, 6.07) is 11.9. The molecule has 2 aliphatic rings. The predicted octanol–water partition coefficient (Wildman–Crippen LogP) is 1.62. The average molecular weight is 429 g/mol. The van der Waals surface area contributed by atoms with Gasteiger partial charge in [-0.25, -0.2) is 13.6 Å². The second kappa shape index (κ2) is 7.73. The lowest BCUT2D eigenvalue weighted by molar-refractivity contribution is -0.115. The van der Waals surface area contributed by atoms with Gasteiger partial charge in [0, 0.05) is 29.0 Å². The molecule has 8 nitrogen and oxygen atoms in total. The summed E-state index contributed by atoms with van der Waals surface area (Å²) in [6.45, 7) is 2.09. The summed E-state index contributed by atoms with van der Waals surface area (Å²) in [5, 5.41) is 11.0. The summed E-state index contributed by atoms with van der Waals surface area (Å²) in [4.78, 5) is 26.9. The van der Waals surface area contributed by atoms with Crippen molar-refractivity contribution >= 4 is 33.2 Å². The molecule has 0 spiro atoms. The molecule has 1 fully saturated rings. The van der Waals surface area contributed by atoms with Gasteiger partial charge < -0.3 is 15.5 Å². The largest absolute Gasteiger partial charge is 0.359 e. The van der Waals surface area contributed by atoms with Gasteiger partial charge in [-0.2, -0.15) is 0 Å². The van der Waals surface area contributed by atoms with Crippen molar-refractivity contribution in [3.63, 3.8) is 0 Å². The van der Waals surface area contributed by atoms with E-state index in [2.05, 4.69) is 10.6 Å². The van der Waals surface area contributed by atoms with E-state index in [9.17, 15) is 18.0 Å². The molecule has 2 aromatic rings. The molecule has 0 radical (unpaired) electrons. The molecule has 4 rings (SSSR count). The summed E-state index contributed by atoms with van der Waals surface area (Å²) in [6.07, 6.45) is 2.65. The quantitative estimate of drug-likeness (QED) is 0.645. The average Bonchev–Trinajstić information content (AvgIpc) is 3.44. The molecular weight excluding hydrogens is 404 g/mol. The number of sulfonamides is 1. The van der Waals surface area contributed by atoms with Crippen LogP contribution in [0.15, 0.2) is 47.4 Å². The van der Waals surface area contributed by atoms with Gasteiger partial charge in [0.05, 0.1) is 11.4 Å². The summed E-state index contributed by atoms with van der Waals surface area (Å²) >= 11 is 0. The minimum absolute atomic E-state index is 0.0390. The van der Waals surface area contributed by atoms with Gasteiger partial charge in [-0.1, -0.05) is 6.07 Å². The fourth-order valence-electron chi connectivity index (χ4n) is 3.68. The number of anilines is 2. The number of nitrogens with two attached hydrogens (primary N) is 1. The van der Waals surface area contributed by atoms with Gasteiger partial charge in [0.25, 0.3) is 5.91 Å². The zero-order valence-corrected chi connectivity index (χ0v) is 17.4. The van der Waals surface area contributed by atoms with Crippen molar-refractivity contribution < 1.29 is 18.0 Å². The lowest BCUT2D eigenvalue weighted by Crippen LogP contribution is -2.37. The zero-order valence-electron chi connectivity index (χ0n) is 16.6. The van der Waals surface area contributed by atoms with Crippen molar-refractivity contribution in [2.45, 2.75) is 43.2 Å². The molecule has 1 aliphatic heterocycles. The van der Waals surface area contributed by atoms with Gasteiger partial charge in [0.1, 0.15) is 0 Å².